The van der Waals surface area contributed by atoms with E-state index < -0.39 is 16.3 Å². The summed E-state index contributed by atoms with van der Waals surface area (Å²) in [4.78, 5) is 11.1. The smallest absolute Gasteiger partial charge is 0.245 e. The summed E-state index contributed by atoms with van der Waals surface area (Å²) < 4.78 is 40.1. The van der Waals surface area contributed by atoms with Gasteiger partial charge in [-0.15, -0.1) is 0 Å². The van der Waals surface area contributed by atoms with E-state index in [4.69, 9.17) is 9.47 Å². The van der Waals surface area contributed by atoms with Crippen LogP contribution in [0.15, 0.2) is 65.8 Å². The van der Waals surface area contributed by atoms with Crippen molar-refractivity contribution in [3.05, 3.63) is 72.1 Å². The van der Waals surface area contributed by atoms with E-state index >= 15 is 0 Å². The third-order valence-electron chi connectivity index (χ3n) is 5.91. The van der Waals surface area contributed by atoms with Gasteiger partial charge in [-0.25, -0.2) is 18.4 Å². The molecule has 33 heavy (non-hydrogen) atoms. The van der Waals surface area contributed by atoms with Crippen LogP contribution in [0.1, 0.15) is 17.4 Å². The summed E-state index contributed by atoms with van der Waals surface area (Å²) in [7, 11) is -0.382. The molecule has 1 fully saturated rings. The predicted octanol–water partition coefficient (Wildman–Crippen LogP) is 2.64. The van der Waals surface area contributed by atoms with Gasteiger partial charge in [-0.2, -0.15) is 4.31 Å². The maximum absolute atomic E-state index is 13.7. The van der Waals surface area contributed by atoms with E-state index in [9.17, 15) is 8.42 Å². The van der Waals surface area contributed by atoms with Gasteiger partial charge < -0.3 is 19.7 Å². The predicted molar refractivity (Wildman–Crippen MR) is 124 cm³/mol. The van der Waals surface area contributed by atoms with Crippen LogP contribution < -0.4 is 15.0 Å². The summed E-state index contributed by atoms with van der Waals surface area (Å²) in [5.41, 5.74) is 1.73. The minimum Gasteiger partial charge on any atom is -0.497 e. The van der Waals surface area contributed by atoms with Gasteiger partial charge in [0.15, 0.2) is 6.23 Å². The summed E-state index contributed by atoms with van der Waals surface area (Å²) in [6.07, 6.45) is 0.658. The van der Waals surface area contributed by atoms with Crippen molar-refractivity contribution in [3.63, 3.8) is 0 Å². The van der Waals surface area contributed by atoms with E-state index in [0.717, 1.165) is 5.56 Å². The maximum atomic E-state index is 13.7. The molecule has 9 nitrogen and oxygen atoms in total. The Morgan fingerprint density at radius 1 is 1.15 bits per heavy atom. The molecule has 1 saturated heterocycles. The SMILES string of the molecule is COc1ccc(S(=O)(=O)N2[C@H]3CNc4ncnc(N(C)Cc5ccccc5)c4[C@@H]2OC3)cc1. The Labute approximate surface area is 193 Å². The lowest BCUT2D eigenvalue weighted by Crippen LogP contribution is -2.40. The van der Waals surface area contributed by atoms with Gasteiger partial charge >= 0.3 is 0 Å². The third kappa shape index (κ3) is 3.90. The maximum Gasteiger partial charge on any atom is 0.245 e. The number of anilines is 2. The van der Waals surface area contributed by atoms with Crippen LogP contribution in [0, 0.1) is 0 Å². The van der Waals surface area contributed by atoms with Crippen molar-refractivity contribution in [1.29, 1.82) is 0 Å². The molecule has 2 aromatic carbocycles. The minimum absolute atomic E-state index is 0.184. The molecule has 3 heterocycles. The number of methoxy groups -OCH3 is 1. The van der Waals surface area contributed by atoms with E-state index in [1.807, 2.05) is 42.3 Å². The summed E-state index contributed by atoms with van der Waals surface area (Å²) in [6.45, 7) is 1.27. The molecule has 172 valence electrons. The molecule has 0 unspecified atom stereocenters. The molecule has 2 aliphatic heterocycles. The van der Waals surface area contributed by atoms with Crippen molar-refractivity contribution in [2.24, 2.45) is 0 Å². The molecule has 1 aromatic heterocycles. The monoisotopic (exact) mass is 467 g/mol. The zero-order chi connectivity index (χ0) is 23.0. The molecule has 2 atom stereocenters. The van der Waals surface area contributed by atoms with Crippen LogP contribution in [0.2, 0.25) is 0 Å². The van der Waals surface area contributed by atoms with E-state index in [2.05, 4.69) is 15.3 Å². The van der Waals surface area contributed by atoms with Gasteiger partial charge in [0.1, 0.15) is 23.7 Å². The quantitative estimate of drug-likeness (QED) is 0.591. The minimum atomic E-state index is -3.85. The number of fused-ring (bicyclic) bond motifs is 4. The third-order valence-corrected chi connectivity index (χ3v) is 7.82. The van der Waals surface area contributed by atoms with Crippen LogP contribution in [-0.4, -0.2) is 56.0 Å². The largest absolute Gasteiger partial charge is 0.497 e. The van der Waals surface area contributed by atoms with Crippen LogP contribution in [0.3, 0.4) is 0 Å². The molecular weight excluding hydrogens is 442 g/mol. The van der Waals surface area contributed by atoms with Crippen molar-refractivity contribution in [3.8, 4) is 5.75 Å². The van der Waals surface area contributed by atoms with Crippen molar-refractivity contribution in [1.82, 2.24) is 14.3 Å². The van der Waals surface area contributed by atoms with Crippen molar-refractivity contribution in [2.75, 3.05) is 37.5 Å². The first-order chi connectivity index (χ1) is 16.0. The number of hydrogen-bond acceptors (Lipinski definition) is 8. The van der Waals surface area contributed by atoms with Gasteiger partial charge in [0.25, 0.3) is 0 Å². The second kappa shape index (κ2) is 8.62. The van der Waals surface area contributed by atoms with Crippen molar-refractivity contribution in [2.45, 2.75) is 23.7 Å². The lowest BCUT2D eigenvalue weighted by atomic mass is 10.2. The Bertz CT molecular complexity index is 1240. The zero-order valence-corrected chi connectivity index (χ0v) is 19.2. The van der Waals surface area contributed by atoms with Gasteiger partial charge in [0, 0.05) is 20.1 Å². The highest BCUT2D eigenvalue weighted by atomic mass is 32.2. The lowest BCUT2D eigenvalue weighted by molar-refractivity contribution is 0.0688. The standard InChI is InChI=1S/C23H25N5O4S/c1-27(13-16-6-4-3-5-7-16)22-20-21(25-15-26-22)24-12-17-14-32-23(20)28(17)33(29,30)19-10-8-18(31-2)9-11-19/h3-11,15,17,23H,12-14H2,1-2H3,(H,24,25,26)/t17-,23-/m0/s1. The number of aromatic nitrogens is 2. The van der Waals surface area contributed by atoms with Gasteiger partial charge in [0.2, 0.25) is 10.0 Å². The van der Waals surface area contributed by atoms with Gasteiger partial charge in [-0.05, 0) is 29.8 Å². The van der Waals surface area contributed by atoms with Crippen LogP contribution in [0.4, 0.5) is 11.6 Å². The second-order valence-electron chi connectivity index (χ2n) is 8.03. The summed E-state index contributed by atoms with van der Waals surface area (Å²) in [5.74, 6) is 1.80. The molecule has 0 amide bonds. The summed E-state index contributed by atoms with van der Waals surface area (Å²) >= 11 is 0. The van der Waals surface area contributed by atoms with E-state index in [1.165, 1.54) is 10.6 Å². The Balaban J connectivity index is 1.54. The highest BCUT2D eigenvalue weighted by Crippen LogP contribution is 2.44. The van der Waals surface area contributed by atoms with E-state index in [1.54, 1.807) is 31.4 Å². The van der Waals surface area contributed by atoms with Crippen LogP contribution in [0.25, 0.3) is 0 Å². The number of hydrogen-bond donors (Lipinski definition) is 1. The number of rotatable bonds is 6. The fourth-order valence-corrected chi connectivity index (χ4v) is 5.97. The molecule has 0 radical (unpaired) electrons. The lowest BCUT2D eigenvalue weighted by Gasteiger charge is -2.28. The number of nitrogens with one attached hydrogen (secondary N) is 1. The molecule has 1 N–H and O–H groups in total. The molecule has 3 aromatic rings. The van der Waals surface area contributed by atoms with Crippen LogP contribution in [-0.2, 0) is 21.3 Å². The average Bonchev–Trinajstić information content (AvgIpc) is 3.19. The molecule has 0 saturated carbocycles. The van der Waals surface area contributed by atoms with Gasteiger partial charge in [-0.1, -0.05) is 30.3 Å². The normalized spacial score (nSPS) is 19.9. The Morgan fingerprint density at radius 3 is 2.64 bits per heavy atom. The average molecular weight is 468 g/mol. The van der Waals surface area contributed by atoms with Gasteiger partial charge in [0.05, 0.1) is 30.2 Å². The molecule has 2 aliphatic rings. The molecule has 0 aliphatic carbocycles. The number of benzene rings is 2. The Morgan fingerprint density at radius 2 is 1.91 bits per heavy atom. The highest BCUT2D eigenvalue weighted by Gasteiger charge is 2.48. The Hall–Kier alpha value is -3.21. The van der Waals surface area contributed by atoms with Crippen LogP contribution in [0.5, 0.6) is 5.75 Å². The fourth-order valence-electron chi connectivity index (χ4n) is 4.30. The summed E-state index contributed by atoms with van der Waals surface area (Å²) in [5, 5.41) is 3.30. The molecule has 0 spiro atoms. The molecular formula is C23H25N5O4S. The molecule has 10 heteroatoms. The topological polar surface area (TPSA) is 96.9 Å². The first-order valence-corrected chi connectivity index (χ1v) is 12.1. The highest BCUT2D eigenvalue weighted by molar-refractivity contribution is 7.89. The van der Waals surface area contributed by atoms with Crippen LogP contribution >= 0.6 is 0 Å². The fraction of sp³-hybridized carbons (Fsp3) is 0.304. The van der Waals surface area contributed by atoms with Gasteiger partial charge in [-0.3, -0.25) is 0 Å². The number of ether oxygens (including phenoxy) is 2. The zero-order valence-electron chi connectivity index (χ0n) is 18.4. The number of nitrogens with zero attached hydrogens (tertiary/aromatic N) is 4. The summed E-state index contributed by atoms with van der Waals surface area (Å²) in [6, 6.07) is 16.0. The second-order valence-corrected chi connectivity index (χ2v) is 9.88. The Kier molecular flexibility index (Phi) is 5.65. The van der Waals surface area contributed by atoms with Crippen molar-refractivity contribution < 1.29 is 17.9 Å². The van der Waals surface area contributed by atoms with E-state index in [-0.39, 0.29) is 17.5 Å². The van der Waals surface area contributed by atoms with E-state index in [0.29, 0.717) is 36.0 Å². The first kappa shape index (κ1) is 21.6. The molecule has 5 rings (SSSR count). The number of sulfonamides is 1. The first-order valence-electron chi connectivity index (χ1n) is 10.6. The molecule has 2 bridgehead atoms. The van der Waals surface area contributed by atoms with Crippen molar-refractivity contribution >= 4 is 21.7 Å².